The minimum atomic E-state index is 0.168. The van der Waals surface area contributed by atoms with Gasteiger partial charge in [-0.05, 0) is 64.8 Å². The maximum atomic E-state index is 9.46. The lowest BCUT2D eigenvalue weighted by atomic mass is 10.3. The minimum Gasteiger partial charge on any atom is -0.396 e. The van der Waals surface area contributed by atoms with Crippen molar-refractivity contribution in [3.05, 3.63) is 69.8 Å². The second-order valence-corrected chi connectivity index (χ2v) is 10.0. The van der Waals surface area contributed by atoms with Gasteiger partial charge in [-0.3, -0.25) is 23.6 Å². The molecule has 4 aromatic rings. The molecule has 0 unspecified atom stereocenters. The Bertz CT molecular complexity index is 1230. The van der Waals surface area contributed by atoms with Gasteiger partial charge in [-0.2, -0.15) is 20.4 Å². The third-order valence-electron chi connectivity index (χ3n) is 6.89. The Labute approximate surface area is 212 Å². The number of aliphatic hydroxyl groups is 1. The maximum Gasteiger partial charge on any atom is 0.0853 e. The lowest BCUT2D eigenvalue weighted by molar-refractivity contribution is 0.208. The van der Waals surface area contributed by atoms with Crippen molar-refractivity contribution in [1.29, 1.82) is 0 Å². The number of nitrogens with zero attached hydrogens (tertiary/aromatic N) is 9. The van der Waals surface area contributed by atoms with Gasteiger partial charge >= 0.3 is 0 Å². The summed E-state index contributed by atoms with van der Waals surface area (Å²) in [5, 5.41) is 29.0. The van der Waals surface area contributed by atoms with Crippen LogP contribution in [0.25, 0.3) is 0 Å². The SMILES string of the molecule is Cc1cc2nn1CCCn1nc(cc1C)Cn1nc(cc1C)CN(CCCO)Cc1cc(C)n(n1)C2. The van der Waals surface area contributed by atoms with Crippen molar-refractivity contribution >= 4 is 0 Å². The molecule has 0 radical (unpaired) electrons. The lowest BCUT2D eigenvalue weighted by Gasteiger charge is -2.19. The zero-order valence-electron chi connectivity index (χ0n) is 21.9. The summed E-state index contributed by atoms with van der Waals surface area (Å²) in [4.78, 5) is 2.31. The quantitative estimate of drug-likeness (QED) is 0.473. The Morgan fingerprint density at radius 3 is 1.44 bits per heavy atom. The van der Waals surface area contributed by atoms with Crippen molar-refractivity contribution in [2.45, 2.75) is 79.8 Å². The summed E-state index contributed by atoms with van der Waals surface area (Å²) in [6.45, 7) is 13.8. The highest BCUT2D eigenvalue weighted by molar-refractivity contribution is 5.16. The van der Waals surface area contributed by atoms with Crippen LogP contribution in [0.4, 0.5) is 0 Å². The van der Waals surface area contributed by atoms with Gasteiger partial charge in [0.15, 0.2) is 0 Å². The van der Waals surface area contributed by atoms with Crippen LogP contribution >= 0.6 is 0 Å². The minimum absolute atomic E-state index is 0.168. The summed E-state index contributed by atoms with van der Waals surface area (Å²) in [7, 11) is 0. The number of aromatic nitrogens is 8. The molecule has 0 saturated heterocycles. The van der Waals surface area contributed by atoms with Crippen LogP contribution in [0.15, 0.2) is 24.3 Å². The van der Waals surface area contributed by atoms with E-state index in [1.54, 1.807) is 0 Å². The first-order valence-electron chi connectivity index (χ1n) is 12.8. The van der Waals surface area contributed by atoms with Gasteiger partial charge in [0.25, 0.3) is 0 Å². The summed E-state index contributed by atoms with van der Waals surface area (Å²) < 4.78 is 8.27. The molecular weight excluding hydrogens is 454 g/mol. The molecule has 5 rings (SSSR count). The smallest absolute Gasteiger partial charge is 0.0853 e. The Morgan fingerprint density at radius 1 is 0.611 bits per heavy atom. The standard InChI is InChI=1S/C26H37N9O/c1-19-11-25-17-34-21(3)13-23(29-34)15-31(7-6-10-36)16-24-14-22(4)35(30-24)18-26-12-20(2)33(28-26)9-5-8-32(19)27-25/h11-14,36H,5-10,15-18H2,1-4H3. The third kappa shape index (κ3) is 5.44. The predicted molar refractivity (Wildman–Crippen MR) is 136 cm³/mol. The van der Waals surface area contributed by atoms with E-state index in [4.69, 9.17) is 20.4 Å². The van der Waals surface area contributed by atoms with Crippen LogP contribution in [0.1, 0.15) is 58.4 Å². The summed E-state index contributed by atoms with van der Waals surface area (Å²) in [6.07, 6.45) is 1.68. The molecule has 5 heterocycles. The Morgan fingerprint density at radius 2 is 1.00 bits per heavy atom. The van der Waals surface area contributed by atoms with E-state index in [0.29, 0.717) is 32.6 Å². The highest BCUT2D eigenvalue weighted by atomic mass is 16.3. The number of hydrogen-bond acceptors (Lipinski definition) is 6. The second kappa shape index (κ2) is 10.4. The molecule has 1 N–H and O–H groups in total. The highest BCUT2D eigenvalue weighted by Gasteiger charge is 2.16. The summed E-state index contributed by atoms with van der Waals surface area (Å²) in [5.41, 5.74) is 8.66. The highest BCUT2D eigenvalue weighted by Crippen LogP contribution is 2.16. The molecule has 8 bridgehead atoms. The van der Waals surface area contributed by atoms with Crippen LogP contribution in [0.3, 0.4) is 0 Å². The normalized spacial score (nSPS) is 15.4. The van der Waals surface area contributed by atoms with E-state index in [2.05, 4.69) is 66.2 Å². The van der Waals surface area contributed by atoms with Gasteiger partial charge in [0.05, 0.1) is 35.9 Å². The molecule has 10 heteroatoms. The largest absolute Gasteiger partial charge is 0.396 e. The fourth-order valence-corrected chi connectivity index (χ4v) is 5.04. The molecule has 36 heavy (non-hydrogen) atoms. The number of rotatable bonds is 3. The van der Waals surface area contributed by atoms with Crippen molar-refractivity contribution in [2.24, 2.45) is 0 Å². The second-order valence-electron chi connectivity index (χ2n) is 10.0. The van der Waals surface area contributed by atoms with Crippen molar-refractivity contribution in [2.75, 3.05) is 13.2 Å². The van der Waals surface area contributed by atoms with Crippen LogP contribution in [0.5, 0.6) is 0 Å². The molecule has 1 aliphatic rings. The van der Waals surface area contributed by atoms with Gasteiger partial charge in [-0.1, -0.05) is 0 Å². The van der Waals surface area contributed by atoms with Gasteiger partial charge in [0.1, 0.15) is 0 Å². The molecule has 0 spiro atoms. The first-order valence-corrected chi connectivity index (χ1v) is 12.8. The van der Waals surface area contributed by atoms with Gasteiger partial charge < -0.3 is 5.11 Å². The molecule has 0 aliphatic carbocycles. The number of aryl methyl sites for hydroxylation is 6. The first kappa shape index (κ1) is 24.5. The molecule has 4 aromatic heterocycles. The third-order valence-corrected chi connectivity index (χ3v) is 6.89. The van der Waals surface area contributed by atoms with Crippen LogP contribution in [-0.4, -0.2) is 62.3 Å². The molecule has 192 valence electrons. The summed E-state index contributed by atoms with van der Waals surface area (Å²) >= 11 is 0. The van der Waals surface area contributed by atoms with E-state index in [0.717, 1.165) is 60.2 Å². The summed E-state index contributed by atoms with van der Waals surface area (Å²) in [5.74, 6) is 0. The Kier molecular flexibility index (Phi) is 7.06. The molecule has 0 fully saturated rings. The van der Waals surface area contributed by atoms with Crippen LogP contribution < -0.4 is 0 Å². The summed E-state index contributed by atoms with van der Waals surface area (Å²) in [6, 6.07) is 8.62. The number of hydrogen-bond donors (Lipinski definition) is 1. The monoisotopic (exact) mass is 491 g/mol. The van der Waals surface area contributed by atoms with Crippen LogP contribution in [0, 0.1) is 27.7 Å². The van der Waals surface area contributed by atoms with Gasteiger partial charge in [0.2, 0.25) is 0 Å². The van der Waals surface area contributed by atoms with Crippen molar-refractivity contribution in [3.8, 4) is 0 Å². The van der Waals surface area contributed by atoms with E-state index < -0.39 is 0 Å². The van der Waals surface area contributed by atoms with E-state index in [-0.39, 0.29) is 6.61 Å². The van der Waals surface area contributed by atoms with Crippen molar-refractivity contribution < 1.29 is 5.11 Å². The molecule has 0 atom stereocenters. The van der Waals surface area contributed by atoms with Crippen molar-refractivity contribution in [1.82, 2.24) is 44.0 Å². The molecule has 1 aliphatic heterocycles. The van der Waals surface area contributed by atoms with E-state index in [9.17, 15) is 5.11 Å². The van der Waals surface area contributed by atoms with Crippen molar-refractivity contribution in [3.63, 3.8) is 0 Å². The first-order chi connectivity index (χ1) is 17.4. The van der Waals surface area contributed by atoms with Gasteiger partial charge in [-0.25, -0.2) is 0 Å². The maximum absolute atomic E-state index is 9.46. The average Bonchev–Trinajstić information content (AvgIpc) is 3.55. The molecule has 0 amide bonds. The van der Waals surface area contributed by atoms with Crippen LogP contribution in [-0.2, 0) is 39.3 Å². The molecule has 0 saturated carbocycles. The molecule has 10 nitrogen and oxygen atoms in total. The Hall–Kier alpha value is -3.24. The fourth-order valence-electron chi connectivity index (χ4n) is 5.04. The average molecular weight is 492 g/mol. The van der Waals surface area contributed by atoms with E-state index in [1.165, 1.54) is 11.4 Å². The lowest BCUT2D eigenvalue weighted by Crippen LogP contribution is -2.25. The Balaban J connectivity index is 1.47. The fraction of sp³-hybridized carbons (Fsp3) is 0.538. The number of fused-ring (bicyclic) bond motifs is 8. The van der Waals surface area contributed by atoms with Crippen LogP contribution in [0.2, 0.25) is 0 Å². The molecule has 0 aromatic carbocycles. The zero-order chi connectivity index (χ0) is 25.2. The number of aliphatic hydroxyl groups excluding tert-OH is 1. The van der Waals surface area contributed by atoms with E-state index in [1.807, 2.05) is 9.36 Å². The predicted octanol–water partition coefficient (Wildman–Crippen LogP) is 2.59. The van der Waals surface area contributed by atoms with Gasteiger partial charge in [-0.15, -0.1) is 0 Å². The van der Waals surface area contributed by atoms with E-state index >= 15 is 0 Å². The topological polar surface area (TPSA) is 94.8 Å². The van der Waals surface area contributed by atoms with Gasteiger partial charge in [0, 0.05) is 62.1 Å². The zero-order valence-corrected chi connectivity index (χ0v) is 21.9. The molecular formula is C26H37N9O.